The minimum Gasteiger partial charge on any atom is -0.358 e. The number of benzene rings is 1. The Morgan fingerprint density at radius 2 is 2.04 bits per heavy atom. The molecule has 1 aliphatic heterocycles. The molecule has 0 unspecified atom stereocenters. The lowest BCUT2D eigenvalue weighted by Crippen LogP contribution is -2.27. The number of aromatic nitrogens is 1. The second-order valence-electron chi connectivity index (χ2n) is 7.28. The van der Waals surface area contributed by atoms with Gasteiger partial charge in [-0.3, -0.25) is 9.59 Å². The Hall–Kier alpha value is -2.93. The normalized spacial score (nSPS) is 14.5. The first-order valence-electron chi connectivity index (χ1n) is 9.23. The minimum absolute atomic E-state index is 0.142. The zero-order chi connectivity index (χ0) is 20.4. The topological polar surface area (TPSA) is 77.2 Å². The molecule has 1 aromatic carbocycles. The number of carbonyl (C=O) groups excluding carboxylic acids is 2. The second-order valence-corrected chi connectivity index (χ2v) is 7.28. The van der Waals surface area contributed by atoms with Crippen LogP contribution in [-0.2, 0) is 4.79 Å². The summed E-state index contributed by atoms with van der Waals surface area (Å²) in [6.45, 7) is 5.15. The molecule has 1 aromatic heterocycles. The molecule has 0 radical (unpaired) electrons. The smallest absolute Gasteiger partial charge is 0.256 e. The Labute approximate surface area is 163 Å². The highest BCUT2D eigenvalue weighted by atomic mass is 19.1. The van der Waals surface area contributed by atoms with E-state index in [1.165, 1.54) is 12.1 Å². The summed E-state index contributed by atoms with van der Waals surface area (Å²) in [5, 5.41) is 5.67. The highest BCUT2D eigenvalue weighted by Gasteiger charge is 2.26. The van der Waals surface area contributed by atoms with Gasteiger partial charge in [-0.1, -0.05) is 0 Å². The first-order chi connectivity index (χ1) is 13.3. The van der Waals surface area contributed by atoms with Gasteiger partial charge in [-0.05, 0) is 70.7 Å². The largest absolute Gasteiger partial charge is 0.358 e. The van der Waals surface area contributed by atoms with Crippen LogP contribution in [0.3, 0.4) is 0 Å². The third kappa shape index (κ3) is 3.99. The number of aromatic amines is 1. The molecule has 7 heteroatoms. The number of anilines is 1. The average molecular weight is 384 g/mol. The van der Waals surface area contributed by atoms with Crippen LogP contribution in [0.2, 0.25) is 0 Å². The molecule has 28 heavy (non-hydrogen) atoms. The van der Waals surface area contributed by atoms with Gasteiger partial charge in [-0.25, -0.2) is 4.39 Å². The molecule has 0 aliphatic carbocycles. The molecule has 1 aliphatic rings. The van der Waals surface area contributed by atoms with Crippen molar-refractivity contribution < 1.29 is 14.0 Å². The van der Waals surface area contributed by atoms with Gasteiger partial charge in [0.05, 0.1) is 11.1 Å². The molecule has 0 bridgehead atoms. The molecule has 2 amide bonds. The van der Waals surface area contributed by atoms with E-state index in [0.29, 0.717) is 34.6 Å². The SMILES string of the molecule is Cc1[nH]c(/C=C2\C(=O)Nc3ccc(F)cc32)c(C)c1C(=O)NCCCN(C)C. The van der Waals surface area contributed by atoms with Crippen molar-refractivity contribution in [2.45, 2.75) is 20.3 Å². The molecule has 0 spiro atoms. The number of halogens is 1. The number of hydrogen-bond donors (Lipinski definition) is 3. The highest BCUT2D eigenvalue weighted by molar-refractivity contribution is 6.34. The van der Waals surface area contributed by atoms with Crippen molar-refractivity contribution in [2.24, 2.45) is 0 Å². The van der Waals surface area contributed by atoms with Crippen LogP contribution >= 0.6 is 0 Å². The Bertz CT molecular complexity index is 960. The van der Waals surface area contributed by atoms with Crippen molar-refractivity contribution >= 4 is 29.2 Å². The number of hydrogen-bond acceptors (Lipinski definition) is 3. The van der Waals surface area contributed by atoms with Crippen molar-refractivity contribution in [2.75, 3.05) is 32.5 Å². The second kappa shape index (κ2) is 7.98. The summed E-state index contributed by atoms with van der Waals surface area (Å²) in [5.41, 5.74) is 4.20. The van der Waals surface area contributed by atoms with Crippen molar-refractivity contribution in [3.05, 3.63) is 52.1 Å². The first kappa shape index (κ1) is 19.8. The van der Waals surface area contributed by atoms with Crippen LogP contribution in [0.4, 0.5) is 10.1 Å². The molecule has 3 N–H and O–H groups in total. The van der Waals surface area contributed by atoms with Crippen LogP contribution in [0.1, 0.15) is 39.3 Å². The zero-order valence-electron chi connectivity index (χ0n) is 16.6. The summed E-state index contributed by atoms with van der Waals surface area (Å²) in [4.78, 5) is 30.2. The minimum atomic E-state index is -0.404. The fraction of sp³-hybridized carbons (Fsp3) is 0.333. The number of fused-ring (bicyclic) bond motifs is 1. The van der Waals surface area contributed by atoms with Gasteiger partial charge in [0.25, 0.3) is 11.8 Å². The maximum Gasteiger partial charge on any atom is 0.256 e. The van der Waals surface area contributed by atoms with Gasteiger partial charge >= 0.3 is 0 Å². The molecule has 2 aromatic rings. The van der Waals surface area contributed by atoms with Gasteiger partial charge in [-0.2, -0.15) is 0 Å². The van der Waals surface area contributed by atoms with E-state index >= 15 is 0 Å². The summed E-state index contributed by atoms with van der Waals surface area (Å²) in [6, 6.07) is 4.19. The molecule has 0 saturated heterocycles. The molecule has 0 saturated carbocycles. The van der Waals surface area contributed by atoms with Crippen LogP contribution < -0.4 is 10.6 Å². The third-order valence-electron chi connectivity index (χ3n) is 4.82. The summed E-state index contributed by atoms with van der Waals surface area (Å²) in [7, 11) is 3.98. The van der Waals surface area contributed by atoms with Crippen molar-refractivity contribution in [1.29, 1.82) is 0 Å². The predicted molar refractivity (Wildman–Crippen MR) is 109 cm³/mol. The average Bonchev–Trinajstić information content (AvgIpc) is 3.08. The molecule has 3 rings (SSSR count). The Morgan fingerprint density at radius 3 is 2.75 bits per heavy atom. The summed E-state index contributed by atoms with van der Waals surface area (Å²) in [5.74, 6) is -0.836. The molecule has 0 fully saturated rings. The number of aryl methyl sites for hydroxylation is 1. The molecular formula is C21H25FN4O2. The third-order valence-corrected chi connectivity index (χ3v) is 4.82. The van der Waals surface area contributed by atoms with E-state index in [1.807, 2.05) is 27.9 Å². The van der Waals surface area contributed by atoms with E-state index in [1.54, 1.807) is 12.1 Å². The summed E-state index contributed by atoms with van der Waals surface area (Å²) in [6.07, 6.45) is 2.53. The van der Waals surface area contributed by atoms with Crippen LogP contribution in [-0.4, -0.2) is 48.9 Å². The standard InChI is InChI=1S/C21H25FN4O2/c1-12-18(11-16-15-10-14(22)6-7-17(15)25-20(16)27)24-13(2)19(12)21(28)23-8-5-9-26(3)4/h6-7,10-11,24H,5,8-9H2,1-4H3,(H,23,28)(H,25,27)/b16-11-. The van der Waals surface area contributed by atoms with Gasteiger partial charge in [-0.15, -0.1) is 0 Å². The maximum atomic E-state index is 13.6. The van der Waals surface area contributed by atoms with Crippen molar-refractivity contribution in [3.8, 4) is 0 Å². The lowest BCUT2D eigenvalue weighted by molar-refractivity contribution is -0.110. The van der Waals surface area contributed by atoms with Gasteiger partial charge in [0.15, 0.2) is 0 Å². The lowest BCUT2D eigenvalue weighted by Gasteiger charge is -2.10. The van der Waals surface area contributed by atoms with Crippen LogP contribution in [0.5, 0.6) is 0 Å². The number of H-pyrrole nitrogens is 1. The first-order valence-corrected chi connectivity index (χ1v) is 9.23. The zero-order valence-corrected chi connectivity index (χ0v) is 16.6. The molecule has 6 nitrogen and oxygen atoms in total. The van der Waals surface area contributed by atoms with Gasteiger partial charge < -0.3 is 20.5 Å². The van der Waals surface area contributed by atoms with E-state index in [-0.39, 0.29) is 11.8 Å². The van der Waals surface area contributed by atoms with E-state index < -0.39 is 5.82 Å². The van der Waals surface area contributed by atoms with Crippen LogP contribution in [0.15, 0.2) is 18.2 Å². The van der Waals surface area contributed by atoms with E-state index in [0.717, 1.165) is 24.2 Å². The molecule has 148 valence electrons. The monoisotopic (exact) mass is 384 g/mol. The lowest BCUT2D eigenvalue weighted by atomic mass is 10.0. The number of nitrogens with one attached hydrogen (secondary N) is 3. The fourth-order valence-electron chi connectivity index (χ4n) is 3.39. The predicted octanol–water partition coefficient (Wildman–Crippen LogP) is 2.94. The molecule has 2 heterocycles. The van der Waals surface area contributed by atoms with Crippen LogP contribution in [0.25, 0.3) is 11.6 Å². The van der Waals surface area contributed by atoms with E-state index in [4.69, 9.17) is 0 Å². The van der Waals surface area contributed by atoms with E-state index in [9.17, 15) is 14.0 Å². The molecular weight excluding hydrogens is 359 g/mol. The quantitative estimate of drug-likeness (QED) is 0.529. The number of carbonyl (C=O) groups is 2. The Kier molecular flexibility index (Phi) is 5.65. The van der Waals surface area contributed by atoms with Gasteiger partial charge in [0.1, 0.15) is 5.82 Å². The summed E-state index contributed by atoms with van der Waals surface area (Å²) >= 11 is 0. The van der Waals surface area contributed by atoms with Crippen molar-refractivity contribution in [3.63, 3.8) is 0 Å². The number of rotatable bonds is 6. The number of amides is 2. The summed E-state index contributed by atoms with van der Waals surface area (Å²) < 4.78 is 13.6. The number of nitrogens with zero attached hydrogens (tertiary/aromatic N) is 1. The highest BCUT2D eigenvalue weighted by Crippen LogP contribution is 2.34. The Morgan fingerprint density at radius 1 is 1.29 bits per heavy atom. The Balaban J connectivity index is 1.85. The van der Waals surface area contributed by atoms with Gasteiger partial charge in [0.2, 0.25) is 0 Å². The maximum absolute atomic E-state index is 13.6. The van der Waals surface area contributed by atoms with Crippen LogP contribution in [0, 0.1) is 19.7 Å². The van der Waals surface area contributed by atoms with Gasteiger partial charge in [0, 0.05) is 29.2 Å². The molecule has 0 atom stereocenters. The van der Waals surface area contributed by atoms with Crippen molar-refractivity contribution in [1.82, 2.24) is 15.2 Å². The van der Waals surface area contributed by atoms with E-state index in [2.05, 4.69) is 20.5 Å². The fourth-order valence-corrected chi connectivity index (χ4v) is 3.39.